The normalized spacial score (nSPS) is 10.2. The molecule has 2 rings (SSSR count). The van der Waals surface area contributed by atoms with E-state index in [1.165, 1.54) is 11.8 Å². The molecular formula is C20H21ClN2O2S. The molecule has 0 aliphatic carbocycles. The van der Waals surface area contributed by atoms with Crippen molar-refractivity contribution < 1.29 is 9.53 Å². The molecule has 0 saturated heterocycles. The molecule has 4 nitrogen and oxygen atoms in total. The third-order valence-corrected chi connectivity index (χ3v) is 4.81. The zero-order valence-corrected chi connectivity index (χ0v) is 16.2. The van der Waals surface area contributed by atoms with Crippen molar-refractivity contribution in [2.24, 2.45) is 0 Å². The van der Waals surface area contributed by atoms with Crippen LogP contribution in [0.25, 0.3) is 0 Å². The summed E-state index contributed by atoms with van der Waals surface area (Å²) >= 11 is 7.52. The standard InChI is InChI=1S/C20H21ClN2O2S/c1-2-25-19-9-7-18(8-10-19)23(12-4-11-22)20(24)15-26-14-16-5-3-6-17(21)13-16/h3,5-10,13H,2,4,12,14-15H2,1H3. The molecule has 0 unspecified atom stereocenters. The van der Waals surface area contributed by atoms with Crippen LogP contribution in [-0.2, 0) is 10.5 Å². The van der Waals surface area contributed by atoms with E-state index in [0.717, 1.165) is 17.0 Å². The Balaban J connectivity index is 1.98. The number of halogens is 1. The Morgan fingerprint density at radius 2 is 2.04 bits per heavy atom. The summed E-state index contributed by atoms with van der Waals surface area (Å²) in [4.78, 5) is 14.3. The Kier molecular flexibility index (Phi) is 8.33. The van der Waals surface area contributed by atoms with Crippen LogP contribution < -0.4 is 9.64 Å². The molecule has 26 heavy (non-hydrogen) atoms. The maximum atomic E-state index is 12.7. The van der Waals surface area contributed by atoms with Gasteiger partial charge >= 0.3 is 0 Å². The number of carbonyl (C=O) groups is 1. The molecule has 2 aromatic rings. The van der Waals surface area contributed by atoms with E-state index in [0.29, 0.717) is 29.7 Å². The van der Waals surface area contributed by atoms with Gasteiger partial charge in [-0.2, -0.15) is 5.26 Å². The number of thioether (sulfide) groups is 1. The molecule has 0 aliphatic rings. The lowest BCUT2D eigenvalue weighted by molar-refractivity contribution is -0.116. The number of rotatable bonds is 9. The third-order valence-electron chi connectivity index (χ3n) is 3.59. The van der Waals surface area contributed by atoms with Gasteiger partial charge in [-0.15, -0.1) is 11.8 Å². The van der Waals surface area contributed by atoms with Gasteiger partial charge in [0.2, 0.25) is 5.91 Å². The molecule has 1 amide bonds. The first-order valence-electron chi connectivity index (χ1n) is 8.36. The van der Waals surface area contributed by atoms with Crippen molar-refractivity contribution in [2.45, 2.75) is 19.1 Å². The zero-order chi connectivity index (χ0) is 18.8. The number of carbonyl (C=O) groups excluding carboxylic acids is 1. The SMILES string of the molecule is CCOc1ccc(N(CCC#N)C(=O)CSCc2cccc(Cl)c2)cc1. The van der Waals surface area contributed by atoms with Crippen molar-refractivity contribution in [3.8, 4) is 11.8 Å². The van der Waals surface area contributed by atoms with Gasteiger partial charge in [0.25, 0.3) is 0 Å². The van der Waals surface area contributed by atoms with E-state index in [2.05, 4.69) is 6.07 Å². The molecule has 0 spiro atoms. The molecule has 0 aromatic heterocycles. The Bertz CT molecular complexity index is 759. The van der Waals surface area contributed by atoms with Gasteiger partial charge in [0, 0.05) is 23.0 Å². The molecule has 136 valence electrons. The van der Waals surface area contributed by atoms with Gasteiger partial charge in [-0.3, -0.25) is 4.79 Å². The summed E-state index contributed by atoms with van der Waals surface area (Å²) < 4.78 is 5.44. The fourth-order valence-corrected chi connectivity index (χ4v) is 3.47. The molecule has 0 radical (unpaired) electrons. The van der Waals surface area contributed by atoms with Crippen molar-refractivity contribution in [1.29, 1.82) is 5.26 Å². The number of nitrogens with zero attached hydrogens (tertiary/aromatic N) is 2. The van der Waals surface area contributed by atoms with Gasteiger partial charge < -0.3 is 9.64 Å². The lowest BCUT2D eigenvalue weighted by Gasteiger charge is -2.22. The minimum absolute atomic E-state index is 0.0172. The van der Waals surface area contributed by atoms with E-state index >= 15 is 0 Å². The molecule has 0 saturated carbocycles. The second-order valence-electron chi connectivity index (χ2n) is 5.50. The number of nitriles is 1. The minimum Gasteiger partial charge on any atom is -0.494 e. The summed E-state index contributed by atoms with van der Waals surface area (Å²) in [6, 6.07) is 17.1. The number of ether oxygens (including phenoxy) is 1. The molecule has 0 bridgehead atoms. The van der Waals surface area contributed by atoms with E-state index in [-0.39, 0.29) is 12.3 Å². The van der Waals surface area contributed by atoms with Crippen molar-refractivity contribution in [2.75, 3.05) is 23.8 Å². The van der Waals surface area contributed by atoms with Crippen LogP contribution in [0.4, 0.5) is 5.69 Å². The van der Waals surface area contributed by atoms with Gasteiger partial charge in [-0.1, -0.05) is 23.7 Å². The Morgan fingerprint density at radius 3 is 2.69 bits per heavy atom. The number of anilines is 1. The van der Waals surface area contributed by atoms with Crippen LogP contribution in [0.3, 0.4) is 0 Å². The Hall–Kier alpha value is -2.16. The second-order valence-corrected chi connectivity index (χ2v) is 6.93. The Labute approximate surface area is 163 Å². The highest BCUT2D eigenvalue weighted by Crippen LogP contribution is 2.22. The number of hydrogen-bond donors (Lipinski definition) is 0. The molecule has 0 aliphatic heterocycles. The maximum absolute atomic E-state index is 12.7. The molecule has 2 aromatic carbocycles. The lowest BCUT2D eigenvalue weighted by atomic mass is 10.2. The summed E-state index contributed by atoms with van der Waals surface area (Å²) in [5, 5.41) is 9.58. The van der Waals surface area contributed by atoms with Gasteiger partial charge in [-0.25, -0.2) is 0 Å². The number of benzene rings is 2. The summed E-state index contributed by atoms with van der Waals surface area (Å²) in [6.45, 7) is 2.89. The van der Waals surface area contributed by atoms with Gasteiger partial charge in [-0.05, 0) is 48.9 Å². The molecular weight excluding hydrogens is 368 g/mol. The van der Waals surface area contributed by atoms with Crippen molar-refractivity contribution in [3.05, 3.63) is 59.1 Å². The molecule has 0 N–H and O–H groups in total. The fourth-order valence-electron chi connectivity index (χ4n) is 2.41. The fraction of sp³-hybridized carbons (Fsp3) is 0.300. The van der Waals surface area contributed by atoms with Crippen molar-refractivity contribution in [3.63, 3.8) is 0 Å². The summed E-state index contributed by atoms with van der Waals surface area (Å²) in [5.41, 5.74) is 1.86. The first-order chi connectivity index (χ1) is 12.6. The average Bonchev–Trinajstić information content (AvgIpc) is 2.64. The monoisotopic (exact) mass is 388 g/mol. The van der Waals surface area contributed by atoms with Crippen LogP contribution in [0.2, 0.25) is 5.02 Å². The van der Waals surface area contributed by atoms with Gasteiger partial charge in [0.15, 0.2) is 0 Å². The minimum atomic E-state index is -0.0172. The van der Waals surface area contributed by atoms with Crippen LogP contribution in [0.1, 0.15) is 18.9 Å². The number of amides is 1. The third kappa shape index (κ3) is 6.29. The van der Waals surface area contributed by atoms with Crippen molar-refractivity contribution in [1.82, 2.24) is 0 Å². The van der Waals surface area contributed by atoms with Crippen LogP contribution in [0.15, 0.2) is 48.5 Å². The number of hydrogen-bond acceptors (Lipinski definition) is 4. The van der Waals surface area contributed by atoms with Crippen LogP contribution >= 0.6 is 23.4 Å². The van der Waals surface area contributed by atoms with E-state index < -0.39 is 0 Å². The topological polar surface area (TPSA) is 53.3 Å². The molecule has 0 heterocycles. The second kappa shape index (κ2) is 10.7. The van der Waals surface area contributed by atoms with E-state index in [1.54, 1.807) is 4.90 Å². The smallest absolute Gasteiger partial charge is 0.237 e. The zero-order valence-electron chi connectivity index (χ0n) is 14.7. The summed E-state index contributed by atoms with van der Waals surface area (Å²) in [5.74, 6) is 1.79. The molecule has 0 fully saturated rings. The molecule has 6 heteroatoms. The van der Waals surface area contributed by atoms with Crippen LogP contribution in [0.5, 0.6) is 5.75 Å². The van der Waals surface area contributed by atoms with E-state index in [1.807, 2.05) is 55.5 Å². The highest BCUT2D eigenvalue weighted by molar-refractivity contribution is 7.99. The van der Waals surface area contributed by atoms with Gasteiger partial charge in [0.05, 0.1) is 24.8 Å². The maximum Gasteiger partial charge on any atom is 0.237 e. The average molecular weight is 389 g/mol. The van der Waals surface area contributed by atoms with E-state index in [9.17, 15) is 4.79 Å². The van der Waals surface area contributed by atoms with Crippen LogP contribution in [0, 0.1) is 11.3 Å². The highest BCUT2D eigenvalue weighted by atomic mass is 35.5. The molecule has 0 atom stereocenters. The predicted octanol–water partition coefficient (Wildman–Crippen LogP) is 4.92. The summed E-state index contributed by atoms with van der Waals surface area (Å²) in [6.07, 6.45) is 0.290. The largest absolute Gasteiger partial charge is 0.494 e. The predicted molar refractivity (Wildman–Crippen MR) is 108 cm³/mol. The Morgan fingerprint density at radius 1 is 1.27 bits per heavy atom. The summed E-state index contributed by atoms with van der Waals surface area (Å²) in [7, 11) is 0. The quantitative estimate of drug-likeness (QED) is 0.611. The van der Waals surface area contributed by atoms with Crippen molar-refractivity contribution >= 4 is 35.0 Å². The van der Waals surface area contributed by atoms with Crippen LogP contribution in [-0.4, -0.2) is 24.8 Å². The van der Waals surface area contributed by atoms with E-state index in [4.69, 9.17) is 21.6 Å². The highest BCUT2D eigenvalue weighted by Gasteiger charge is 2.15. The lowest BCUT2D eigenvalue weighted by Crippen LogP contribution is -2.33. The first-order valence-corrected chi connectivity index (χ1v) is 9.89. The van der Waals surface area contributed by atoms with Gasteiger partial charge in [0.1, 0.15) is 5.75 Å². The first kappa shape index (κ1) is 20.2.